The third-order valence-corrected chi connectivity index (χ3v) is 4.91. The van der Waals surface area contributed by atoms with Crippen molar-refractivity contribution in [3.63, 3.8) is 0 Å². The van der Waals surface area contributed by atoms with Gasteiger partial charge >= 0.3 is 12.4 Å². The molecular weight excluding hydrogens is 378 g/mol. The number of nitrogens with one attached hydrogen (secondary N) is 1. The topological polar surface area (TPSA) is 24.9 Å². The van der Waals surface area contributed by atoms with Crippen molar-refractivity contribution in [2.75, 3.05) is 7.05 Å². The second-order valence-corrected chi connectivity index (χ2v) is 7.39. The first-order chi connectivity index (χ1) is 11.9. The summed E-state index contributed by atoms with van der Waals surface area (Å²) in [6, 6.07) is 1.47. The molecule has 0 saturated carbocycles. The lowest BCUT2D eigenvalue weighted by Gasteiger charge is -2.15. The van der Waals surface area contributed by atoms with E-state index in [1.807, 2.05) is 13.8 Å². The Balaban J connectivity index is 2.48. The maximum Gasteiger partial charge on any atom is 0.416 e. The molecule has 1 heterocycles. The van der Waals surface area contributed by atoms with Gasteiger partial charge in [-0.05, 0) is 43.1 Å². The Morgan fingerprint density at radius 1 is 1.00 bits per heavy atom. The quantitative estimate of drug-likeness (QED) is 0.613. The Kier molecular flexibility index (Phi) is 6.02. The van der Waals surface area contributed by atoms with E-state index in [0.717, 1.165) is 29.9 Å². The summed E-state index contributed by atoms with van der Waals surface area (Å²) in [5.74, 6) is 0.352. The van der Waals surface area contributed by atoms with E-state index in [1.54, 1.807) is 7.05 Å². The number of rotatable bonds is 5. The van der Waals surface area contributed by atoms with E-state index in [9.17, 15) is 26.3 Å². The lowest BCUT2D eigenvalue weighted by atomic mass is 10.0. The molecule has 2 aromatic rings. The SMILES string of the molecule is CN[C@H](CC(C)C)c1ncc(-c2cc(C(F)(F)F)cc(C(F)(F)F)c2)s1. The fraction of sp³-hybridized carbons (Fsp3) is 0.471. The Bertz CT molecular complexity index is 716. The summed E-state index contributed by atoms with van der Waals surface area (Å²) < 4.78 is 78.0. The Morgan fingerprint density at radius 2 is 1.54 bits per heavy atom. The number of halogens is 6. The minimum atomic E-state index is -4.87. The minimum Gasteiger partial charge on any atom is -0.311 e. The van der Waals surface area contributed by atoms with E-state index in [1.165, 1.54) is 6.20 Å². The molecule has 144 valence electrons. The molecule has 0 aliphatic rings. The fourth-order valence-electron chi connectivity index (χ4n) is 2.49. The van der Waals surface area contributed by atoms with Gasteiger partial charge in [0.15, 0.2) is 0 Å². The van der Waals surface area contributed by atoms with Crippen LogP contribution in [0.3, 0.4) is 0 Å². The van der Waals surface area contributed by atoms with Crippen LogP contribution in [0.15, 0.2) is 24.4 Å². The molecule has 0 saturated heterocycles. The van der Waals surface area contributed by atoms with E-state index in [-0.39, 0.29) is 22.5 Å². The summed E-state index contributed by atoms with van der Waals surface area (Å²) in [7, 11) is 1.74. The number of hydrogen-bond donors (Lipinski definition) is 1. The van der Waals surface area contributed by atoms with Gasteiger partial charge in [0.1, 0.15) is 5.01 Å². The predicted octanol–water partition coefficient (Wildman–Crippen LogP) is 6.15. The normalized spacial score (nSPS) is 14.1. The van der Waals surface area contributed by atoms with Crippen LogP contribution < -0.4 is 5.32 Å². The minimum absolute atomic E-state index is 0.110. The first-order valence-corrected chi connectivity index (χ1v) is 8.66. The van der Waals surface area contributed by atoms with Crippen LogP contribution in [0.25, 0.3) is 10.4 Å². The zero-order valence-electron chi connectivity index (χ0n) is 14.3. The van der Waals surface area contributed by atoms with Crippen molar-refractivity contribution < 1.29 is 26.3 Å². The summed E-state index contributed by atoms with van der Waals surface area (Å²) in [5, 5.41) is 3.70. The molecule has 0 radical (unpaired) electrons. The summed E-state index contributed by atoms with van der Waals surface area (Å²) in [5.41, 5.74) is -2.80. The van der Waals surface area contributed by atoms with Crippen LogP contribution in [0.2, 0.25) is 0 Å². The highest BCUT2D eigenvalue weighted by molar-refractivity contribution is 7.15. The lowest BCUT2D eigenvalue weighted by molar-refractivity contribution is -0.143. The number of thiazole rings is 1. The standard InChI is InChI=1S/C17H18F6N2S/c1-9(2)4-13(24-3)15-25-8-14(26-15)10-5-11(16(18,19)20)7-12(6-10)17(21,22)23/h5-9,13,24H,4H2,1-3H3/t13-/m1/s1. The average molecular weight is 396 g/mol. The fourth-order valence-corrected chi connectivity index (χ4v) is 3.52. The summed E-state index contributed by atoms with van der Waals surface area (Å²) >= 11 is 1.09. The van der Waals surface area contributed by atoms with Crippen LogP contribution in [0, 0.1) is 5.92 Å². The lowest BCUT2D eigenvalue weighted by Crippen LogP contribution is -2.17. The van der Waals surface area contributed by atoms with Crippen molar-refractivity contribution in [1.29, 1.82) is 0 Å². The molecule has 1 aromatic carbocycles. The monoisotopic (exact) mass is 396 g/mol. The number of hydrogen-bond acceptors (Lipinski definition) is 3. The van der Waals surface area contributed by atoms with E-state index in [4.69, 9.17) is 0 Å². The highest BCUT2D eigenvalue weighted by Gasteiger charge is 2.37. The summed E-state index contributed by atoms with van der Waals surface area (Å²) in [6.07, 6.45) is -7.66. The first-order valence-electron chi connectivity index (χ1n) is 7.84. The second kappa shape index (κ2) is 7.56. The van der Waals surface area contributed by atoms with Gasteiger partial charge in [0, 0.05) is 6.20 Å². The molecule has 0 unspecified atom stereocenters. The molecule has 0 amide bonds. The number of nitrogens with zero attached hydrogens (tertiary/aromatic N) is 1. The van der Waals surface area contributed by atoms with Gasteiger partial charge in [0.2, 0.25) is 0 Å². The van der Waals surface area contributed by atoms with Gasteiger partial charge in [0.25, 0.3) is 0 Å². The zero-order valence-corrected chi connectivity index (χ0v) is 15.1. The second-order valence-electron chi connectivity index (χ2n) is 6.33. The molecule has 2 rings (SSSR count). The number of alkyl halides is 6. The van der Waals surface area contributed by atoms with Crippen LogP contribution >= 0.6 is 11.3 Å². The van der Waals surface area contributed by atoms with Crippen molar-refractivity contribution in [2.24, 2.45) is 5.92 Å². The molecule has 0 aliphatic heterocycles. The molecular formula is C17H18F6N2S. The van der Waals surface area contributed by atoms with E-state index >= 15 is 0 Å². The predicted molar refractivity (Wildman–Crippen MR) is 88.8 cm³/mol. The van der Waals surface area contributed by atoms with Gasteiger partial charge in [-0.25, -0.2) is 4.98 Å². The van der Waals surface area contributed by atoms with Gasteiger partial charge in [-0.2, -0.15) is 26.3 Å². The Morgan fingerprint density at radius 3 is 1.96 bits per heavy atom. The molecule has 0 bridgehead atoms. The molecule has 0 aliphatic carbocycles. The van der Waals surface area contributed by atoms with Gasteiger partial charge in [0.05, 0.1) is 22.0 Å². The third kappa shape index (κ3) is 4.97. The molecule has 26 heavy (non-hydrogen) atoms. The maximum absolute atomic E-state index is 13.0. The Labute approximate surface area is 151 Å². The highest BCUT2D eigenvalue weighted by Crippen LogP contribution is 2.40. The van der Waals surface area contributed by atoms with E-state index in [0.29, 0.717) is 10.9 Å². The number of aromatic nitrogens is 1. The van der Waals surface area contributed by atoms with Gasteiger partial charge in [-0.1, -0.05) is 13.8 Å². The van der Waals surface area contributed by atoms with Crippen LogP contribution in [0.1, 0.15) is 42.4 Å². The molecule has 0 fully saturated rings. The first kappa shape index (κ1) is 20.7. The average Bonchev–Trinajstić information content (AvgIpc) is 3.00. The van der Waals surface area contributed by atoms with Gasteiger partial charge < -0.3 is 5.32 Å². The van der Waals surface area contributed by atoms with Crippen LogP contribution in [-0.2, 0) is 12.4 Å². The molecule has 1 atom stereocenters. The third-order valence-electron chi connectivity index (χ3n) is 3.75. The molecule has 9 heteroatoms. The van der Waals surface area contributed by atoms with Gasteiger partial charge in [-0.3, -0.25) is 0 Å². The van der Waals surface area contributed by atoms with Crippen molar-refractivity contribution in [2.45, 2.75) is 38.7 Å². The maximum atomic E-state index is 13.0. The summed E-state index contributed by atoms with van der Waals surface area (Å²) in [4.78, 5) is 4.46. The van der Waals surface area contributed by atoms with Crippen molar-refractivity contribution >= 4 is 11.3 Å². The van der Waals surface area contributed by atoms with Gasteiger partial charge in [-0.15, -0.1) is 11.3 Å². The Hall–Kier alpha value is -1.61. The smallest absolute Gasteiger partial charge is 0.311 e. The van der Waals surface area contributed by atoms with E-state index in [2.05, 4.69) is 10.3 Å². The zero-order chi connectivity index (χ0) is 19.7. The molecule has 1 N–H and O–H groups in total. The van der Waals surface area contributed by atoms with E-state index < -0.39 is 23.5 Å². The van der Waals surface area contributed by atoms with Crippen LogP contribution in [0.4, 0.5) is 26.3 Å². The van der Waals surface area contributed by atoms with Crippen LogP contribution in [0.5, 0.6) is 0 Å². The van der Waals surface area contributed by atoms with Crippen molar-refractivity contribution in [1.82, 2.24) is 10.3 Å². The van der Waals surface area contributed by atoms with Crippen molar-refractivity contribution in [3.05, 3.63) is 40.5 Å². The summed E-state index contributed by atoms with van der Waals surface area (Å²) in [6.45, 7) is 4.03. The highest BCUT2D eigenvalue weighted by atomic mass is 32.1. The van der Waals surface area contributed by atoms with Crippen LogP contribution in [-0.4, -0.2) is 12.0 Å². The molecule has 2 nitrogen and oxygen atoms in total. The molecule has 1 aromatic heterocycles. The number of benzene rings is 1. The molecule has 0 spiro atoms. The largest absolute Gasteiger partial charge is 0.416 e. The van der Waals surface area contributed by atoms with Crippen molar-refractivity contribution in [3.8, 4) is 10.4 Å².